The third-order valence-corrected chi connectivity index (χ3v) is 1.31. The van der Waals surface area contributed by atoms with Gasteiger partial charge >= 0.3 is 5.97 Å². The van der Waals surface area contributed by atoms with E-state index < -0.39 is 16.6 Å². The van der Waals surface area contributed by atoms with Gasteiger partial charge in [-0.15, -0.1) is 11.6 Å². The Labute approximate surface area is 61.9 Å². The first-order chi connectivity index (χ1) is 4.09. The van der Waals surface area contributed by atoms with Crippen molar-refractivity contribution in [2.75, 3.05) is 7.11 Å². The maximum Gasteiger partial charge on any atom is 0.332 e. The first-order valence-corrected chi connectivity index (χ1v) is 2.82. The highest BCUT2D eigenvalue weighted by Gasteiger charge is 2.22. The Morgan fingerprint density at radius 2 is 2.00 bits per heavy atom. The van der Waals surface area contributed by atoms with E-state index in [1.165, 1.54) is 0 Å². The average molecular weight is 171 g/mol. The van der Waals surface area contributed by atoms with Crippen LogP contribution in [-0.4, -0.2) is 23.7 Å². The Morgan fingerprint density at radius 1 is 1.56 bits per heavy atom. The van der Waals surface area contributed by atoms with Gasteiger partial charge in [0.2, 0.25) is 5.38 Å². The van der Waals surface area contributed by atoms with Gasteiger partial charge in [-0.25, -0.2) is 4.79 Å². The summed E-state index contributed by atoms with van der Waals surface area (Å²) in [6.45, 7) is 0. The summed E-state index contributed by atoms with van der Waals surface area (Å²) in [6, 6.07) is 0. The van der Waals surface area contributed by atoms with E-state index in [1.54, 1.807) is 0 Å². The van der Waals surface area contributed by atoms with Crippen LogP contribution in [0.1, 0.15) is 0 Å². The van der Waals surface area contributed by atoms with E-state index in [4.69, 9.17) is 23.2 Å². The fourth-order valence-corrected chi connectivity index (χ4v) is 0.374. The first kappa shape index (κ1) is 8.72. The second-order valence-corrected chi connectivity index (χ2v) is 2.00. The molecular formula is C4H4Cl2O3. The van der Waals surface area contributed by atoms with E-state index in [-0.39, 0.29) is 0 Å². The second kappa shape index (κ2) is 3.69. The van der Waals surface area contributed by atoms with Gasteiger partial charge in [-0.3, -0.25) is 4.79 Å². The summed E-state index contributed by atoms with van der Waals surface area (Å²) in [4.78, 5) is 20.4. The molecule has 0 spiro atoms. The molecule has 1 atom stereocenters. The van der Waals surface area contributed by atoms with Gasteiger partial charge in [-0.05, 0) is 11.6 Å². The van der Waals surface area contributed by atoms with Gasteiger partial charge in [-0.2, -0.15) is 0 Å². The van der Waals surface area contributed by atoms with Gasteiger partial charge in [0.25, 0.3) is 5.24 Å². The summed E-state index contributed by atoms with van der Waals surface area (Å²) in [5.41, 5.74) is 0. The highest BCUT2D eigenvalue weighted by Crippen LogP contribution is 2.02. The standard InChI is InChI=1S/C4H4Cl2O3/c1-9-4(8)2(5)3(6)7/h2H,1H3. The lowest BCUT2D eigenvalue weighted by atomic mass is 10.5. The van der Waals surface area contributed by atoms with Crippen LogP contribution in [0.2, 0.25) is 0 Å². The topological polar surface area (TPSA) is 43.4 Å². The zero-order valence-electron chi connectivity index (χ0n) is 4.56. The predicted molar refractivity (Wildman–Crippen MR) is 32.5 cm³/mol. The normalized spacial score (nSPS) is 12.3. The average Bonchev–Trinajstić information content (AvgIpc) is 1.84. The molecule has 0 aliphatic rings. The Bertz CT molecular complexity index is 134. The van der Waals surface area contributed by atoms with Crippen LogP contribution in [0, 0.1) is 0 Å². The van der Waals surface area contributed by atoms with E-state index in [9.17, 15) is 9.59 Å². The smallest absolute Gasteiger partial charge is 0.332 e. The van der Waals surface area contributed by atoms with Gasteiger partial charge < -0.3 is 4.74 Å². The van der Waals surface area contributed by atoms with E-state index in [0.717, 1.165) is 7.11 Å². The highest BCUT2D eigenvalue weighted by atomic mass is 35.5. The Kier molecular flexibility index (Phi) is 3.58. The number of rotatable bonds is 2. The summed E-state index contributed by atoms with van der Waals surface area (Å²) in [5.74, 6) is -0.836. The number of alkyl halides is 1. The van der Waals surface area contributed by atoms with Crippen molar-refractivity contribution in [2.24, 2.45) is 0 Å². The largest absolute Gasteiger partial charge is 0.468 e. The van der Waals surface area contributed by atoms with Crippen molar-refractivity contribution in [3.8, 4) is 0 Å². The summed E-state index contributed by atoms with van der Waals surface area (Å²) in [7, 11) is 1.12. The molecule has 0 aromatic rings. The Morgan fingerprint density at radius 3 is 2.11 bits per heavy atom. The van der Waals surface area contributed by atoms with Gasteiger partial charge in [0.15, 0.2) is 0 Å². The molecule has 0 radical (unpaired) electrons. The van der Waals surface area contributed by atoms with E-state index in [2.05, 4.69) is 4.74 Å². The maximum absolute atomic E-state index is 10.3. The number of ether oxygens (including phenoxy) is 1. The predicted octanol–water partition coefficient (Wildman–Crippen LogP) is 0.532. The molecule has 0 saturated heterocycles. The van der Waals surface area contributed by atoms with Gasteiger partial charge in [0, 0.05) is 0 Å². The monoisotopic (exact) mass is 170 g/mol. The molecule has 0 aromatic carbocycles. The number of esters is 1. The molecule has 5 heteroatoms. The van der Waals surface area contributed by atoms with Crippen LogP contribution in [0.15, 0.2) is 0 Å². The second-order valence-electron chi connectivity index (χ2n) is 1.19. The molecule has 0 aromatic heterocycles. The van der Waals surface area contributed by atoms with Gasteiger partial charge in [0.1, 0.15) is 0 Å². The number of carbonyl (C=O) groups excluding carboxylic acids is 2. The number of methoxy groups -OCH3 is 1. The number of halogens is 2. The van der Waals surface area contributed by atoms with Crippen molar-refractivity contribution >= 4 is 34.4 Å². The Balaban J connectivity index is 3.88. The molecule has 52 valence electrons. The quantitative estimate of drug-likeness (QED) is 0.263. The number of hydrogen-bond acceptors (Lipinski definition) is 3. The van der Waals surface area contributed by atoms with E-state index in [1.807, 2.05) is 0 Å². The number of hydrogen-bond donors (Lipinski definition) is 0. The van der Waals surface area contributed by atoms with Crippen molar-refractivity contribution in [2.45, 2.75) is 5.38 Å². The lowest BCUT2D eigenvalue weighted by Gasteiger charge is -1.98. The summed E-state index contributed by atoms with van der Waals surface area (Å²) < 4.78 is 4.10. The van der Waals surface area contributed by atoms with Gasteiger partial charge in [0.05, 0.1) is 7.11 Å². The third-order valence-electron chi connectivity index (χ3n) is 0.607. The fourth-order valence-electron chi connectivity index (χ4n) is 0.196. The van der Waals surface area contributed by atoms with Crippen molar-refractivity contribution in [3.05, 3.63) is 0 Å². The minimum absolute atomic E-state index is 0.836. The lowest BCUT2D eigenvalue weighted by molar-refractivity contribution is -0.141. The molecule has 0 saturated carbocycles. The highest BCUT2D eigenvalue weighted by molar-refractivity contribution is 6.72. The van der Waals surface area contributed by atoms with E-state index >= 15 is 0 Å². The van der Waals surface area contributed by atoms with E-state index in [0.29, 0.717) is 0 Å². The SMILES string of the molecule is COC(=O)C(Cl)C(=O)Cl. The molecule has 3 nitrogen and oxygen atoms in total. The first-order valence-electron chi connectivity index (χ1n) is 2.01. The molecule has 9 heavy (non-hydrogen) atoms. The third kappa shape index (κ3) is 2.67. The maximum atomic E-state index is 10.3. The molecule has 0 bridgehead atoms. The van der Waals surface area contributed by atoms with Crippen molar-refractivity contribution in [1.82, 2.24) is 0 Å². The van der Waals surface area contributed by atoms with Gasteiger partial charge in [-0.1, -0.05) is 0 Å². The zero-order valence-corrected chi connectivity index (χ0v) is 6.07. The van der Waals surface area contributed by atoms with Crippen LogP contribution in [0.4, 0.5) is 0 Å². The minimum Gasteiger partial charge on any atom is -0.468 e. The van der Waals surface area contributed by atoms with Crippen molar-refractivity contribution in [1.29, 1.82) is 0 Å². The molecule has 0 aliphatic heterocycles. The molecule has 0 amide bonds. The van der Waals surface area contributed by atoms with Crippen molar-refractivity contribution < 1.29 is 14.3 Å². The lowest BCUT2D eigenvalue weighted by Crippen LogP contribution is -2.21. The van der Waals surface area contributed by atoms with Crippen LogP contribution in [-0.2, 0) is 14.3 Å². The number of carbonyl (C=O) groups is 2. The molecular weight excluding hydrogens is 167 g/mol. The minimum atomic E-state index is -1.38. The van der Waals surface area contributed by atoms with Crippen LogP contribution in [0.3, 0.4) is 0 Å². The van der Waals surface area contributed by atoms with Crippen LogP contribution < -0.4 is 0 Å². The van der Waals surface area contributed by atoms with Crippen LogP contribution >= 0.6 is 23.2 Å². The molecule has 0 heterocycles. The fraction of sp³-hybridized carbons (Fsp3) is 0.500. The molecule has 1 unspecified atom stereocenters. The molecule has 0 fully saturated rings. The molecule has 0 aliphatic carbocycles. The molecule has 0 rings (SSSR count). The van der Waals surface area contributed by atoms with Crippen LogP contribution in [0.5, 0.6) is 0 Å². The van der Waals surface area contributed by atoms with Crippen LogP contribution in [0.25, 0.3) is 0 Å². The van der Waals surface area contributed by atoms with Crippen molar-refractivity contribution in [3.63, 3.8) is 0 Å². The summed E-state index contributed by atoms with van der Waals surface area (Å²) in [5, 5.41) is -2.31. The summed E-state index contributed by atoms with van der Waals surface area (Å²) >= 11 is 9.94. The molecule has 0 N–H and O–H groups in total. The zero-order chi connectivity index (χ0) is 7.44. The summed E-state index contributed by atoms with van der Waals surface area (Å²) in [6.07, 6.45) is 0. The Hall–Kier alpha value is -0.280.